The molecule has 1 aliphatic rings. The molecule has 0 saturated heterocycles. The molecule has 1 saturated carbocycles. The van der Waals surface area contributed by atoms with Crippen LogP contribution in [-0.2, 0) is 9.59 Å². The number of carbonyl (C=O) groups excluding carboxylic acids is 2. The topological polar surface area (TPSA) is 58.2 Å². The van der Waals surface area contributed by atoms with E-state index >= 15 is 0 Å². The summed E-state index contributed by atoms with van der Waals surface area (Å²) in [7, 11) is 0. The first kappa shape index (κ1) is 14.6. The van der Waals surface area contributed by atoms with Gasteiger partial charge in [0.15, 0.2) is 0 Å². The quantitative estimate of drug-likeness (QED) is 0.814. The van der Waals surface area contributed by atoms with Crippen LogP contribution in [0.5, 0.6) is 0 Å². The summed E-state index contributed by atoms with van der Waals surface area (Å²) in [4.78, 5) is 23.8. The van der Waals surface area contributed by atoms with E-state index in [4.69, 9.17) is 0 Å². The van der Waals surface area contributed by atoms with Gasteiger partial charge < -0.3 is 10.6 Å². The van der Waals surface area contributed by atoms with Crippen molar-refractivity contribution in [3.63, 3.8) is 0 Å². The Bertz CT molecular complexity index is 499. The van der Waals surface area contributed by atoms with Crippen LogP contribution >= 0.6 is 0 Å². The number of amides is 2. The van der Waals surface area contributed by atoms with Gasteiger partial charge in [0.2, 0.25) is 0 Å². The first-order valence-electron chi connectivity index (χ1n) is 7.25. The van der Waals surface area contributed by atoms with E-state index < -0.39 is 11.8 Å². The van der Waals surface area contributed by atoms with Crippen molar-refractivity contribution in [2.45, 2.75) is 45.6 Å². The minimum Gasteiger partial charge on any atom is -0.345 e. The zero-order valence-electron chi connectivity index (χ0n) is 12.1. The smallest absolute Gasteiger partial charge is 0.313 e. The standard InChI is InChI=1S/C16H22N2O2/c1-11-6-5-8-13(10-11)17-15(19)16(20)18-14-9-4-3-7-12(14)2/h5-6,8,10,12,14H,3-4,7,9H2,1-2H3,(H,17,19)(H,18,20)/t12-,14+/m0/s1. The van der Waals surface area contributed by atoms with Gasteiger partial charge in [-0.2, -0.15) is 0 Å². The molecule has 4 heteroatoms. The molecule has 1 fully saturated rings. The molecule has 1 aliphatic carbocycles. The van der Waals surface area contributed by atoms with Crippen molar-refractivity contribution in [2.75, 3.05) is 5.32 Å². The van der Waals surface area contributed by atoms with Gasteiger partial charge in [0.25, 0.3) is 0 Å². The second-order valence-corrected chi connectivity index (χ2v) is 5.67. The summed E-state index contributed by atoms with van der Waals surface area (Å²) in [6, 6.07) is 7.54. The summed E-state index contributed by atoms with van der Waals surface area (Å²) < 4.78 is 0. The van der Waals surface area contributed by atoms with Gasteiger partial charge in [0, 0.05) is 11.7 Å². The molecular weight excluding hydrogens is 252 g/mol. The monoisotopic (exact) mass is 274 g/mol. The van der Waals surface area contributed by atoms with Gasteiger partial charge in [-0.1, -0.05) is 31.9 Å². The molecule has 2 amide bonds. The third-order valence-electron chi connectivity index (χ3n) is 3.91. The number of benzene rings is 1. The van der Waals surface area contributed by atoms with Gasteiger partial charge >= 0.3 is 11.8 Å². The van der Waals surface area contributed by atoms with Crippen LogP contribution in [0.25, 0.3) is 0 Å². The van der Waals surface area contributed by atoms with Crippen molar-refractivity contribution >= 4 is 17.5 Å². The van der Waals surface area contributed by atoms with Gasteiger partial charge in [-0.05, 0) is 43.4 Å². The van der Waals surface area contributed by atoms with E-state index in [1.54, 1.807) is 6.07 Å². The lowest BCUT2D eigenvalue weighted by Gasteiger charge is -2.29. The Morgan fingerprint density at radius 1 is 1.15 bits per heavy atom. The number of hydrogen-bond acceptors (Lipinski definition) is 2. The summed E-state index contributed by atoms with van der Waals surface area (Å²) in [5.74, 6) is -0.682. The van der Waals surface area contributed by atoms with Crippen LogP contribution in [0.4, 0.5) is 5.69 Å². The predicted molar refractivity (Wildman–Crippen MR) is 79.4 cm³/mol. The molecule has 1 aromatic carbocycles. The lowest BCUT2D eigenvalue weighted by molar-refractivity contribution is -0.137. The summed E-state index contributed by atoms with van der Waals surface area (Å²) >= 11 is 0. The molecular formula is C16H22N2O2. The molecule has 0 radical (unpaired) electrons. The van der Waals surface area contributed by atoms with Crippen LogP contribution in [0.15, 0.2) is 24.3 Å². The average molecular weight is 274 g/mol. The molecule has 0 unspecified atom stereocenters. The highest BCUT2D eigenvalue weighted by Crippen LogP contribution is 2.23. The van der Waals surface area contributed by atoms with Crippen LogP contribution in [0.3, 0.4) is 0 Å². The highest BCUT2D eigenvalue weighted by atomic mass is 16.2. The second-order valence-electron chi connectivity index (χ2n) is 5.67. The third kappa shape index (κ3) is 3.83. The Morgan fingerprint density at radius 2 is 1.90 bits per heavy atom. The number of rotatable bonds is 2. The molecule has 0 aromatic heterocycles. The fraction of sp³-hybridized carbons (Fsp3) is 0.500. The molecule has 1 aromatic rings. The summed E-state index contributed by atoms with van der Waals surface area (Å²) in [6.07, 6.45) is 4.41. The fourth-order valence-electron chi connectivity index (χ4n) is 2.68. The van der Waals surface area contributed by atoms with Crippen LogP contribution in [0, 0.1) is 12.8 Å². The van der Waals surface area contributed by atoms with Gasteiger partial charge in [-0.25, -0.2) is 0 Å². The maximum atomic E-state index is 11.9. The van der Waals surface area contributed by atoms with Crippen molar-refractivity contribution < 1.29 is 9.59 Å². The van der Waals surface area contributed by atoms with Crippen LogP contribution in [0.2, 0.25) is 0 Å². The van der Waals surface area contributed by atoms with Gasteiger partial charge in [0.1, 0.15) is 0 Å². The average Bonchev–Trinajstić information content (AvgIpc) is 2.41. The molecule has 2 N–H and O–H groups in total. The summed E-state index contributed by atoms with van der Waals surface area (Å²) in [6.45, 7) is 4.07. The van der Waals surface area contributed by atoms with E-state index in [2.05, 4.69) is 17.6 Å². The van der Waals surface area contributed by atoms with Crippen molar-refractivity contribution in [3.8, 4) is 0 Å². The van der Waals surface area contributed by atoms with E-state index in [0.29, 0.717) is 11.6 Å². The van der Waals surface area contributed by atoms with E-state index in [-0.39, 0.29) is 6.04 Å². The minimum absolute atomic E-state index is 0.125. The van der Waals surface area contributed by atoms with E-state index in [1.807, 2.05) is 25.1 Å². The Morgan fingerprint density at radius 3 is 2.60 bits per heavy atom. The van der Waals surface area contributed by atoms with Crippen molar-refractivity contribution in [2.24, 2.45) is 5.92 Å². The van der Waals surface area contributed by atoms with Gasteiger partial charge in [0.05, 0.1) is 0 Å². The summed E-state index contributed by atoms with van der Waals surface area (Å²) in [5.41, 5.74) is 1.70. The maximum absolute atomic E-state index is 11.9. The Balaban J connectivity index is 1.90. The van der Waals surface area contributed by atoms with Crippen LogP contribution in [-0.4, -0.2) is 17.9 Å². The first-order chi connectivity index (χ1) is 9.56. The second kappa shape index (κ2) is 6.55. The molecule has 2 rings (SSSR count). The molecule has 0 aliphatic heterocycles. The van der Waals surface area contributed by atoms with Crippen molar-refractivity contribution in [1.82, 2.24) is 5.32 Å². The van der Waals surface area contributed by atoms with Crippen LogP contribution in [0.1, 0.15) is 38.2 Å². The number of hydrogen-bond donors (Lipinski definition) is 2. The molecule has 0 spiro atoms. The molecule has 0 heterocycles. The first-order valence-corrected chi connectivity index (χ1v) is 7.25. The molecule has 20 heavy (non-hydrogen) atoms. The van der Waals surface area contributed by atoms with Gasteiger partial charge in [-0.3, -0.25) is 9.59 Å². The lowest BCUT2D eigenvalue weighted by atomic mass is 9.86. The van der Waals surface area contributed by atoms with E-state index in [1.165, 1.54) is 6.42 Å². The highest BCUT2D eigenvalue weighted by molar-refractivity contribution is 6.39. The Hall–Kier alpha value is -1.84. The SMILES string of the molecule is Cc1cccc(NC(=O)C(=O)N[C@@H]2CCCC[C@@H]2C)c1. The molecule has 2 atom stereocenters. The fourth-order valence-corrected chi connectivity index (χ4v) is 2.68. The maximum Gasteiger partial charge on any atom is 0.313 e. The summed E-state index contributed by atoms with van der Waals surface area (Å²) in [5, 5.41) is 5.49. The number of carbonyl (C=O) groups is 2. The van der Waals surface area contributed by atoms with E-state index in [9.17, 15) is 9.59 Å². The zero-order valence-corrected chi connectivity index (χ0v) is 12.1. The van der Waals surface area contributed by atoms with Crippen molar-refractivity contribution in [3.05, 3.63) is 29.8 Å². The van der Waals surface area contributed by atoms with Crippen molar-refractivity contribution in [1.29, 1.82) is 0 Å². The lowest BCUT2D eigenvalue weighted by Crippen LogP contribution is -2.45. The molecule has 4 nitrogen and oxygen atoms in total. The van der Waals surface area contributed by atoms with Gasteiger partial charge in [-0.15, -0.1) is 0 Å². The number of anilines is 1. The Kier molecular flexibility index (Phi) is 4.77. The molecule has 108 valence electrons. The molecule has 0 bridgehead atoms. The predicted octanol–water partition coefficient (Wildman–Crippen LogP) is 2.63. The zero-order chi connectivity index (χ0) is 14.5. The third-order valence-corrected chi connectivity index (χ3v) is 3.91. The largest absolute Gasteiger partial charge is 0.345 e. The van der Waals surface area contributed by atoms with Crippen LogP contribution < -0.4 is 10.6 Å². The highest BCUT2D eigenvalue weighted by Gasteiger charge is 2.25. The Labute approximate surface area is 119 Å². The number of aryl methyl sites for hydroxylation is 1. The normalized spacial score (nSPS) is 22.1. The van der Waals surface area contributed by atoms with E-state index in [0.717, 1.165) is 24.8 Å². The minimum atomic E-state index is -0.589. The number of nitrogens with one attached hydrogen (secondary N) is 2.